The average Bonchev–Trinajstić information content (AvgIpc) is 2.82. The number of carbonyl (C=O) groups is 1. The highest BCUT2D eigenvalue weighted by atomic mass is 16.5. The molecule has 6 nitrogen and oxygen atoms in total. The standard InChI is InChI=1S/C27H30N2O4/c1-27(2,3)22-11-13-23(14-12-22)32-19-26(30)29-28-17-21-10-15-24(25(16-21)31-4)33-18-20-8-6-5-7-9-20/h5-17H,18-19H2,1-4H3,(H,29,30)/b28-17+. The summed E-state index contributed by atoms with van der Waals surface area (Å²) in [6, 6.07) is 23.1. The molecule has 1 amide bonds. The first-order valence-electron chi connectivity index (χ1n) is 10.7. The second-order valence-corrected chi connectivity index (χ2v) is 8.54. The lowest BCUT2D eigenvalue weighted by molar-refractivity contribution is -0.123. The van der Waals surface area contributed by atoms with E-state index in [1.165, 1.54) is 5.56 Å². The Labute approximate surface area is 195 Å². The molecule has 0 radical (unpaired) electrons. The van der Waals surface area contributed by atoms with Crippen LogP contribution in [0.2, 0.25) is 0 Å². The van der Waals surface area contributed by atoms with Crippen molar-refractivity contribution in [2.45, 2.75) is 32.8 Å². The first-order chi connectivity index (χ1) is 15.8. The minimum atomic E-state index is -0.346. The molecule has 0 spiro atoms. The molecule has 0 unspecified atom stereocenters. The first kappa shape index (κ1) is 23.9. The minimum Gasteiger partial charge on any atom is -0.493 e. The van der Waals surface area contributed by atoms with Crippen molar-refractivity contribution in [2.75, 3.05) is 13.7 Å². The normalized spacial score (nSPS) is 11.3. The summed E-state index contributed by atoms with van der Waals surface area (Å²) in [6.07, 6.45) is 1.54. The highest BCUT2D eigenvalue weighted by Crippen LogP contribution is 2.28. The van der Waals surface area contributed by atoms with E-state index in [1.54, 1.807) is 19.4 Å². The lowest BCUT2D eigenvalue weighted by Crippen LogP contribution is -2.24. The summed E-state index contributed by atoms with van der Waals surface area (Å²) in [6.45, 7) is 6.76. The van der Waals surface area contributed by atoms with E-state index in [0.717, 1.165) is 11.1 Å². The number of hydrogen-bond donors (Lipinski definition) is 1. The van der Waals surface area contributed by atoms with Crippen molar-refractivity contribution in [1.29, 1.82) is 0 Å². The van der Waals surface area contributed by atoms with Gasteiger partial charge in [0.15, 0.2) is 18.1 Å². The Kier molecular flexibility index (Phi) is 8.08. The molecule has 0 saturated heterocycles. The summed E-state index contributed by atoms with van der Waals surface area (Å²) in [7, 11) is 1.58. The van der Waals surface area contributed by atoms with Crippen molar-refractivity contribution in [1.82, 2.24) is 5.43 Å². The van der Waals surface area contributed by atoms with Crippen LogP contribution in [0.5, 0.6) is 17.2 Å². The van der Waals surface area contributed by atoms with Crippen LogP contribution in [0.25, 0.3) is 0 Å². The van der Waals surface area contributed by atoms with Gasteiger partial charge in [-0.3, -0.25) is 4.79 Å². The van der Waals surface area contributed by atoms with Gasteiger partial charge >= 0.3 is 0 Å². The molecule has 3 rings (SSSR count). The van der Waals surface area contributed by atoms with Crippen molar-refractivity contribution in [3.05, 3.63) is 89.5 Å². The molecule has 0 aromatic heterocycles. The van der Waals surface area contributed by atoms with Gasteiger partial charge in [0.05, 0.1) is 13.3 Å². The molecular weight excluding hydrogens is 416 g/mol. The number of benzene rings is 3. The predicted molar refractivity (Wildman–Crippen MR) is 130 cm³/mol. The van der Waals surface area contributed by atoms with Gasteiger partial charge in [-0.2, -0.15) is 5.10 Å². The van der Waals surface area contributed by atoms with Crippen LogP contribution in [0.3, 0.4) is 0 Å². The number of methoxy groups -OCH3 is 1. The second kappa shape index (κ2) is 11.2. The number of nitrogens with zero attached hydrogens (tertiary/aromatic N) is 1. The summed E-state index contributed by atoms with van der Waals surface area (Å²) in [5.74, 6) is 1.51. The Morgan fingerprint density at radius 2 is 1.67 bits per heavy atom. The van der Waals surface area contributed by atoms with E-state index in [0.29, 0.717) is 23.9 Å². The largest absolute Gasteiger partial charge is 0.493 e. The zero-order valence-corrected chi connectivity index (χ0v) is 19.5. The maximum absolute atomic E-state index is 12.0. The van der Waals surface area contributed by atoms with Gasteiger partial charge in [-0.05, 0) is 52.4 Å². The number of rotatable bonds is 9. The van der Waals surface area contributed by atoms with Gasteiger partial charge in [0, 0.05) is 0 Å². The third-order valence-electron chi connectivity index (χ3n) is 4.92. The third kappa shape index (κ3) is 7.38. The van der Waals surface area contributed by atoms with E-state index < -0.39 is 0 Å². The molecule has 0 atom stereocenters. The molecule has 33 heavy (non-hydrogen) atoms. The topological polar surface area (TPSA) is 69.2 Å². The number of carbonyl (C=O) groups excluding carboxylic acids is 1. The molecule has 0 aliphatic carbocycles. The Balaban J connectivity index is 1.49. The molecule has 172 valence electrons. The molecule has 1 N–H and O–H groups in total. The lowest BCUT2D eigenvalue weighted by atomic mass is 9.87. The summed E-state index contributed by atoms with van der Waals surface area (Å²) in [4.78, 5) is 12.0. The van der Waals surface area contributed by atoms with E-state index in [2.05, 4.69) is 31.3 Å². The molecule has 3 aromatic carbocycles. The number of ether oxygens (including phenoxy) is 3. The first-order valence-corrected chi connectivity index (χ1v) is 10.7. The molecule has 0 saturated carbocycles. The Morgan fingerprint density at radius 1 is 0.939 bits per heavy atom. The fraction of sp³-hybridized carbons (Fsp3) is 0.259. The van der Waals surface area contributed by atoms with E-state index in [-0.39, 0.29) is 17.9 Å². The lowest BCUT2D eigenvalue weighted by Gasteiger charge is -2.19. The number of hydrogen-bond acceptors (Lipinski definition) is 5. The van der Waals surface area contributed by atoms with Gasteiger partial charge < -0.3 is 14.2 Å². The van der Waals surface area contributed by atoms with Gasteiger partial charge in [0.1, 0.15) is 12.4 Å². The zero-order chi connectivity index (χ0) is 23.7. The molecule has 0 aliphatic rings. The Morgan fingerprint density at radius 3 is 2.33 bits per heavy atom. The summed E-state index contributed by atoms with van der Waals surface area (Å²) < 4.78 is 16.8. The molecule has 3 aromatic rings. The number of nitrogens with one attached hydrogen (secondary N) is 1. The van der Waals surface area contributed by atoms with Gasteiger partial charge in [0.2, 0.25) is 0 Å². The van der Waals surface area contributed by atoms with Crippen LogP contribution in [0.15, 0.2) is 77.9 Å². The minimum absolute atomic E-state index is 0.0690. The Hall–Kier alpha value is -3.80. The van der Waals surface area contributed by atoms with Crippen LogP contribution < -0.4 is 19.6 Å². The summed E-state index contributed by atoms with van der Waals surface area (Å²) >= 11 is 0. The number of amides is 1. The maximum atomic E-state index is 12.0. The quantitative estimate of drug-likeness (QED) is 0.367. The van der Waals surface area contributed by atoms with Gasteiger partial charge in [-0.1, -0.05) is 63.2 Å². The summed E-state index contributed by atoms with van der Waals surface area (Å²) in [5, 5.41) is 4.00. The SMILES string of the molecule is COc1cc(/C=N/NC(=O)COc2ccc(C(C)(C)C)cc2)ccc1OCc1ccccc1. The second-order valence-electron chi connectivity index (χ2n) is 8.54. The molecule has 0 bridgehead atoms. The Bertz CT molecular complexity index is 1070. The van der Waals surface area contributed by atoms with Crippen LogP contribution in [0.1, 0.15) is 37.5 Å². The van der Waals surface area contributed by atoms with Crippen LogP contribution >= 0.6 is 0 Å². The van der Waals surface area contributed by atoms with E-state index in [9.17, 15) is 4.79 Å². The molecule has 0 heterocycles. The fourth-order valence-electron chi connectivity index (χ4n) is 3.03. The average molecular weight is 447 g/mol. The van der Waals surface area contributed by atoms with Crippen molar-refractivity contribution in [3.63, 3.8) is 0 Å². The molecule has 0 aliphatic heterocycles. The highest BCUT2D eigenvalue weighted by molar-refractivity contribution is 5.83. The van der Waals surface area contributed by atoms with E-state index in [4.69, 9.17) is 14.2 Å². The van der Waals surface area contributed by atoms with Crippen LogP contribution in [0, 0.1) is 0 Å². The van der Waals surface area contributed by atoms with Gasteiger partial charge in [-0.15, -0.1) is 0 Å². The van der Waals surface area contributed by atoms with Crippen LogP contribution in [-0.4, -0.2) is 25.8 Å². The fourth-order valence-corrected chi connectivity index (χ4v) is 3.03. The van der Waals surface area contributed by atoms with Crippen molar-refractivity contribution >= 4 is 12.1 Å². The van der Waals surface area contributed by atoms with E-state index >= 15 is 0 Å². The monoisotopic (exact) mass is 446 g/mol. The number of hydrazone groups is 1. The summed E-state index contributed by atoms with van der Waals surface area (Å²) in [5.41, 5.74) is 5.57. The molecule has 6 heteroatoms. The van der Waals surface area contributed by atoms with Crippen LogP contribution in [0.4, 0.5) is 0 Å². The third-order valence-corrected chi connectivity index (χ3v) is 4.92. The maximum Gasteiger partial charge on any atom is 0.277 e. The van der Waals surface area contributed by atoms with Crippen molar-refractivity contribution < 1.29 is 19.0 Å². The van der Waals surface area contributed by atoms with Gasteiger partial charge in [-0.25, -0.2) is 5.43 Å². The highest BCUT2D eigenvalue weighted by Gasteiger charge is 2.13. The van der Waals surface area contributed by atoms with Crippen molar-refractivity contribution in [2.24, 2.45) is 5.10 Å². The van der Waals surface area contributed by atoms with Gasteiger partial charge in [0.25, 0.3) is 5.91 Å². The van der Waals surface area contributed by atoms with Crippen LogP contribution in [-0.2, 0) is 16.8 Å². The van der Waals surface area contributed by atoms with Crippen molar-refractivity contribution in [3.8, 4) is 17.2 Å². The zero-order valence-electron chi connectivity index (χ0n) is 19.5. The smallest absolute Gasteiger partial charge is 0.277 e. The molecule has 0 fully saturated rings. The molecular formula is C27H30N2O4. The van der Waals surface area contributed by atoms with E-state index in [1.807, 2.05) is 66.7 Å². The predicted octanol–water partition coefficient (Wildman–Crippen LogP) is 5.10.